The average Bonchev–Trinajstić information content (AvgIpc) is 2.53. The fourth-order valence-electron chi connectivity index (χ4n) is 1.92. The molecule has 0 atom stereocenters. The topological polar surface area (TPSA) is 95.9 Å². The lowest BCUT2D eigenvalue weighted by Gasteiger charge is -2.12. The Morgan fingerprint density at radius 3 is 2.41 bits per heavy atom. The third kappa shape index (κ3) is 3.86. The zero-order valence-electron chi connectivity index (χ0n) is 11.9. The number of ether oxygens (including phenoxy) is 1. The van der Waals surface area contributed by atoms with Crippen molar-refractivity contribution in [3.8, 4) is 5.75 Å². The van der Waals surface area contributed by atoms with Crippen molar-refractivity contribution >= 4 is 22.6 Å². The van der Waals surface area contributed by atoms with Gasteiger partial charge in [0, 0.05) is 6.54 Å². The molecule has 0 unspecified atom stereocenters. The van der Waals surface area contributed by atoms with Gasteiger partial charge in [-0.15, -0.1) is 0 Å². The SMILES string of the molecule is COc1ccc(B(O)O)cc1S(=O)(=O)NCc1ccccc1. The summed E-state index contributed by atoms with van der Waals surface area (Å²) in [6.45, 7) is 0.123. The number of nitrogens with one attached hydrogen (secondary N) is 1. The molecule has 0 amide bonds. The first kappa shape index (κ1) is 16.5. The summed E-state index contributed by atoms with van der Waals surface area (Å²) in [7, 11) is -4.26. The molecule has 0 spiro atoms. The molecule has 0 radical (unpaired) electrons. The molecule has 0 fully saturated rings. The first-order valence-corrected chi connectivity index (χ1v) is 8.00. The van der Waals surface area contributed by atoms with Crippen molar-refractivity contribution in [2.45, 2.75) is 11.4 Å². The van der Waals surface area contributed by atoms with Crippen molar-refractivity contribution in [3.63, 3.8) is 0 Å². The molecule has 0 aliphatic heterocycles. The maximum absolute atomic E-state index is 12.4. The Labute approximate surface area is 129 Å². The van der Waals surface area contributed by atoms with Crippen LogP contribution < -0.4 is 14.9 Å². The monoisotopic (exact) mass is 321 g/mol. The van der Waals surface area contributed by atoms with Crippen LogP contribution >= 0.6 is 0 Å². The van der Waals surface area contributed by atoms with Gasteiger partial charge in [0.2, 0.25) is 10.0 Å². The minimum atomic E-state index is -3.85. The third-order valence-electron chi connectivity index (χ3n) is 3.08. The molecule has 0 saturated heterocycles. The van der Waals surface area contributed by atoms with Gasteiger partial charge >= 0.3 is 7.12 Å². The molecule has 0 saturated carbocycles. The zero-order chi connectivity index (χ0) is 16.2. The summed E-state index contributed by atoms with van der Waals surface area (Å²) in [5, 5.41) is 18.4. The molecule has 0 aromatic heterocycles. The lowest BCUT2D eigenvalue weighted by atomic mass is 9.80. The Hall–Kier alpha value is -1.87. The average molecular weight is 321 g/mol. The normalized spacial score (nSPS) is 11.2. The van der Waals surface area contributed by atoms with Gasteiger partial charge in [-0.05, 0) is 23.2 Å². The minimum Gasteiger partial charge on any atom is -0.495 e. The molecule has 116 valence electrons. The molecule has 3 N–H and O–H groups in total. The van der Waals surface area contributed by atoms with Crippen LogP contribution in [0.3, 0.4) is 0 Å². The Kier molecular flexibility index (Phi) is 5.20. The fourth-order valence-corrected chi connectivity index (χ4v) is 3.14. The predicted molar refractivity (Wildman–Crippen MR) is 83.3 cm³/mol. The van der Waals surface area contributed by atoms with E-state index in [1.165, 1.54) is 25.3 Å². The second kappa shape index (κ2) is 6.93. The standard InChI is InChI=1S/C14H16BNO5S/c1-21-13-8-7-12(15(17)18)9-14(13)22(19,20)16-10-11-5-3-2-4-6-11/h2-9,16-18H,10H2,1H3. The first-order chi connectivity index (χ1) is 10.4. The third-order valence-corrected chi connectivity index (χ3v) is 4.51. The van der Waals surface area contributed by atoms with Crippen molar-refractivity contribution in [1.82, 2.24) is 4.72 Å². The van der Waals surface area contributed by atoms with Gasteiger partial charge in [-0.2, -0.15) is 0 Å². The first-order valence-electron chi connectivity index (χ1n) is 6.51. The van der Waals surface area contributed by atoms with Crippen LogP contribution in [-0.4, -0.2) is 32.7 Å². The summed E-state index contributed by atoms with van der Waals surface area (Å²) in [6, 6.07) is 13.0. The molecule has 2 aromatic carbocycles. The molecule has 0 aliphatic rings. The summed E-state index contributed by atoms with van der Waals surface area (Å²) in [6.07, 6.45) is 0. The van der Waals surface area contributed by atoms with Gasteiger partial charge in [-0.3, -0.25) is 0 Å². The van der Waals surface area contributed by atoms with E-state index >= 15 is 0 Å². The lowest BCUT2D eigenvalue weighted by Crippen LogP contribution is -2.32. The molecule has 6 nitrogen and oxygen atoms in total. The molecule has 0 aliphatic carbocycles. The number of rotatable bonds is 6. The number of methoxy groups -OCH3 is 1. The summed E-state index contributed by atoms with van der Waals surface area (Å²) in [5.41, 5.74) is 0.879. The number of hydrogen-bond acceptors (Lipinski definition) is 5. The van der Waals surface area contributed by atoms with Crippen molar-refractivity contribution in [2.24, 2.45) is 0 Å². The lowest BCUT2D eigenvalue weighted by molar-refractivity contribution is 0.402. The van der Waals surface area contributed by atoms with E-state index in [1.807, 2.05) is 18.2 Å². The van der Waals surface area contributed by atoms with Crippen LogP contribution in [0.1, 0.15) is 5.56 Å². The highest BCUT2D eigenvalue weighted by Crippen LogP contribution is 2.22. The smallest absolute Gasteiger partial charge is 0.488 e. The molecular formula is C14H16BNO5S. The van der Waals surface area contributed by atoms with E-state index in [4.69, 9.17) is 4.74 Å². The van der Waals surface area contributed by atoms with E-state index in [9.17, 15) is 18.5 Å². The fraction of sp³-hybridized carbons (Fsp3) is 0.143. The molecule has 2 rings (SSSR count). The Morgan fingerprint density at radius 1 is 1.14 bits per heavy atom. The highest BCUT2D eigenvalue weighted by atomic mass is 32.2. The van der Waals surface area contributed by atoms with Crippen LogP contribution in [0.5, 0.6) is 5.75 Å². The van der Waals surface area contributed by atoms with Crippen molar-refractivity contribution in [1.29, 1.82) is 0 Å². The predicted octanol–water partition coefficient (Wildman–Crippen LogP) is -0.147. The van der Waals surface area contributed by atoms with E-state index in [2.05, 4.69) is 4.72 Å². The molecule has 8 heteroatoms. The van der Waals surface area contributed by atoms with Crippen LogP contribution in [0.15, 0.2) is 53.4 Å². The maximum atomic E-state index is 12.4. The highest BCUT2D eigenvalue weighted by Gasteiger charge is 2.22. The quantitative estimate of drug-likeness (QED) is 0.643. The van der Waals surface area contributed by atoms with E-state index in [0.29, 0.717) is 0 Å². The van der Waals surface area contributed by atoms with Crippen LogP contribution in [0.4, 0.5) is 0 Å². The van der Waals surface area contributed by atoms with Gasteiger partial charge in [-0.1, -0.05) is 36.4 Å². The molecular weight excluding hydrogens is 305 g/mol. The van der Waals surface area contributed by atoms with E-state index in [1.54, 1.807) is 12.1 Å². The Morgan fingerprint density at radius 2 is 1.82 bits per heavy atom. The highest BCUT2D eigenvalue weighted by molar-refractivity contribution is 7.89. The van der Waals surface area contributed by atoms with Gasteiger partial charge in [0.25, 0.3) is 0 Å². The summed E-state index contributed by atoms with van der Waals surface area (Å²) < 4.78 is 32.3. The number of sulfonamides is 1. The molecule has 22 heavy (non-hydrogen) atoms. The van der Waals surface area contributed by atoms with Gasteiger partial charge in [0.1, 0.15) is 10.6 Å². The van der Waals surface area contributed by atoms with Gasteiger partial charge in [0.05, 0.1) is 7.11 Å². The van der Waals surface area contributed by atoms with Gasteiger partial charge < -0.3 is 14.8 Å². The number of hydrogen-bond donors (Lipinski definition) is 3. The van der Waals surface area contributed by atoms with E-state index in [0.717, 1.165) is 5.56 Å². The Balaban J connectivity index is 2.29. The Bertz CT molecular complexity index is 734. The van der Waals surface area contributed by atoms with Gasteiger partial charge in [0.15, 0.2) is 0 Å². The number of benzene rings is 2. The second-order valence-electron chi connectivity index (χ2n) is 4.59. The second-order valence-corrected chi connectivity index (χ2v) is 6.33. The van der Waals surface area contributed by atoms with Gasteiger partial charge in [-0.25, -0.2) is 13.1 Å². The van der Waals surface area contributed by atoms with Crippen LogP contribution in [0.25, 0.3) is 0 Å². The van der Waals surface area contributed by atoms with Crippen LogP contribution in [0.2, 0.25) is 0 Å². The minimum absolute atomic E-state index is 0.0703. The van der Waals surface area contributed by atoms with Crippen LogP contribution in [0, 0.1) is 0 Å². The molecule has 0 heterocycles. The zero-order valence-corrected chi connectivity index (χ0v) is 12.7. The van der Waals surface area contributed by atoms with Crippen molar-refractivity contribution < 1.29 is 23.2 Å². The van der Waals surface area contributed by atoms with Crippen LogP contribution in [-0.2, 0) is 16.6 Å². The summed E-state index contributed by atoms with van der Waals surface area (Å²) in [5.74, 6) is 0.130. The van der Waals surface area contributed by atoms with E-state index < -0.39 is 17.1 Å². The van der Waals surface area contributed by atoms with E-state index in [-0.39, 0.29) is 22.7 Å². The largest absolute Gasteiger partial charge is 0.495 e. The van der Waals surface area contributed by atoms with Crippen molar-refractivity contribution in [3.05, 3.63) is 54.1 Å². The molecule has 0 bridgehead atoms. The van der Waals surface area contributed by atoms with Crippen molar-refractivity contribution in [2.75, 3.05) is 7.11 Å². The molecule has 2 aromatic rings. The maximum Gasteiger partial charge on any atom is 0.488 e. The summed E-state index contributed by atoms with van der Waals surface area (Å²) in [4.78, 5) is -0.142. The summed E-state index contributed by atoms with van der Waals surface area (Å²) >= 11 is 0.